The van der Waals surface area contributed by atoms with Crippen molar-refractivity contribution < 1.29 is 14.6 Å². The number of esters is 1. The van der Waals surface area contributed by atoms with Gasteiger partial charge in [0.1, 0.15) is 5.75 Å². The zero-order valence-corrected chi connectivity index (χ0v) is 9.28. The molecule has 0 fully saturated rings. The molecule has 0 aliphatic carbocycles. The van der Waals surface area contributed by atoms with E-state index in [4.69, 9.17) is 10.00 Å². The summed E-state index contributed by atoms with van der Waals surface area (Å²) in [5.41, 5.74) is 1.63. The molecule has 84 valence electrons. The molecule has 0 amide bonds. The summed E-state index contributed by atoms with van der Waals surface area (Å²) in [6.45, 7) is 3.79. The van der Waals surface area contributed by atoms with Gasteiger partial charge in [-0.3, -0.25) is 4.79 Å². The zero-order valence-electron chi connectivity index (χ0n) is 9.28. The lowest BCUT2D eigenvalue weighted by Crippen LogP contribution is -2.09. The second-order valence-corrected chi connectivity index (χ2v) is 3.38. The van der Waals surface area contributed by atoms with Gasteiger partial charge in [0.15, 0.2) is 0 Å². The van der Waals surface area contributed by atoms with Crippen LogP contribution in [0.1, 0.15) is 23.6 Å². The minimum absolute atomic E-state index is 0.0293. The molecule has 4 heteroatoms. The Morgan fingerprint density at radius 3 is 2.81 bits per heavy atom. The first-order chi connectivity index (χ1) is 7.58. The number of nitriles is 1. The predicted molar refractivity (Wildman–Crippen MR) is 57.9 cm³/mol. The Morgan fingerprint density at radius 1 is 1.56 bits per heavy atom. The van der Waals surface area contributed by atoms with Gasteiger partial charge < -0.3 is 9.84 Å². The number of carbonyl (C=O) groups is 1. The number of hydrogen-bond donors (Lipinski definition) is 1. The molecule has 0 saturated heterocycles. The van der Waals surface area contributed by atoms with Crippen molar-refractivity contribution in [1.82, 2.24) is 0 Å². The number of hydrogen-bond acceptors (Lipinski definition) is 4. The normalized spacial score (nSPS) is 9.56. The number of carbonyl (C=O) groups excluding carboxylic acids is 1. The monoisotopic (exact) mass is 219 g/mol. The van der Waals surface area contributed by atoms with Gasteiger partial charge in [-0.1, -0.05) is 0 Å². The second-order valence-electron chi connectivity index (χ2n) is 3.38. The first-order valence-corrected chi connectivity index (χ1v) is 4.96. The number of phenolic OH excluding ortho intramolecular Hbond substituents is 1. The fourth-order valence-electron chi connectivity index (χ4n) is 1.49. The summed E-state index contributed by atoms with van der Waals surface area (Å²) in [7, 11) is 0. The molecule has 16 heavy (non-hydrogen) atoms. The molecule has 0 aromatic heterocycles. The van der Waals surface area contributed by atoms with E-state index < -0.39 is 0 Å². The molecular weight excluding hydrogens is 206 g/mol. The molecule has 4 nitrogen and oxygen atoms in total. The van der Waals surface area contributed by atoms with Gasteiger partial charge in [-0.25, -0.2) is 0 Å². The quantitative estimate of drug-likeness (QED) is 0.785. The van der Waals surface area contributed by atoms with E-state index in [-0.39, 0.29) is 18.1 Å². The third-order valence-electron chi connectivity index (χ3n) is 2.20. The molecule has 0 atom stereocenters. The fraction of sp³-hybridized carbons (Fsp3) is 0.333. The Labute approximate surface area is 94.1 Å². The topological polar surface area (TPSA) is 70.3 Å². The number of aromatic hydroxyl groups is 1. The molecule has 1 N–H and O–H groups in total. The molecule has 1 rings (SSSR count). The van der Waals surface area contributed by atoms with E-state index in [0.717, 1.165) is 0 Å². The summed E-state index contributed by atoms with van der Waals surface area (Å²) in [6.07, 6.45) is 0.0584. The molecule has 0 unspecified atom stereocenters. The van der Waals surface area contributed by atoms with E-state index in [1.54, 1.807) is 13.8 Å². The van der Waals surface area contributed by atoms with Crippen molar-refractivity contribution in [2.75, 3.05) is 6.61 Å². The van der Waals surface area contributed by atoms with Crippen LogP contribution in [0.3, 0.4) is 0 Å². The smallest absolute Gasteiger partial charge is 0.310 e. The Hall–Kier alpha value is -2.02. The average molecular weight is 219 g/mol. The standard InChI is InChI=1S/C12H13NO3/c1-3-16-12(15)6-11-8(2)4-10(14)5-9(11)7-13/h4-5,14H,3,6H2,1-2H3. The van der Waals surface area contributed by atoms with E-state index >= 15 is 0 Å². The lowest BCUT2D eigenvalue weighted by molar-refractivity contribution is -0.142. The van der Waals surface area contributed by atoms with Gasteiger partial charge in [0, 0.05) is 0 Å². The second kappa shape index (κ2) is 5.17. The van der Waals surface area contributed by atoms with Crippen LogP contribution in [0, 0.1) is 18.3 Å². The van der Waals surface area contributed by atoms with E-state index in [1.165, 1.54) is 12.1 Å². The van der Waals surface area contributed by atoms with E-state index in [9.17, 15) is 9.90 Å². The number of rotatable bonds is 3. The predicted octanol–water partition coefficient (Wildman–Crippen LogP) is 1.68. The molecule has 0 spiro atoms. The van der Waals surface area contributed by atoms with Gasteiger partial charge in [-0.15, -0.1) is 0 Å². The fourth-order valence-corrected chi connectivity index (χ4v) is 1.49. The largest absolute Gasteiger partial charge is 0.508 e. The highest BCUT2D eigenvalue weighted by Gasteiger charge is 2.12. The van der Waals surface area contributed by atoms with Crippen molar-refractivity contribution in [1.29, 1.82) is 5.26 Å². The van der Waals surface area contributed by atoms with Gasteiger partial charge >= 0.3 is 5.97 Å². The van der Waals surface area contributed by atoms with Crippen LogP contribution in [0.4, 0.5) is 0 Å². The lowest BCUT2D eigenvalue weighted by atomic mass is 9.99. The highest BCUT2D eigenvalue weighted by molar-refractivity contribution is 5.74. The summed E-state index contributed by atoms with van der Waals surface area (Å²) >= 11 is 0. The maximum Gasteiger partial charge on any atom is 0.310 e. The Kier molecular flexibility index (Phi) is 3.90. The molecule has 1 aromatic carbocycles. The minimum Gasteiger partial charge on any atom is -0.508 e. The van der Waals surface area contributed by atoms with Crippen LogP contribution < -0.4 is 0 Å². The summed E-state index contributed by atoms with van der Waals surface area (Å²) in [4.78, 5) is 11.3. The first-order valence-electron chi connectivity index (χ1n) is 4.96. The molecule has 0 saturated carbocycles. The molecular formula is C12H13NO3. The van der Waals surface area contributed by atoms with Gasteiger partial charge in [0.2, 0.25) is 0 Å². The lowest BCUT2D eigenvalue weighted by Gasteiger charge is -2.08. The van der Waals surface area contributed by atoms with Gasteiger partial charge in [-0.2, -0.15) is 5.26 Å². The summed E-state index contributed by atoms with van der Waals surface area (Å²) in [5, 5.41) is 18.2. The Balaban J connectivity index is 3.04. The zero-order chi connectivity index (χ0) is 12.1. The molecule has 0 bridgehead atoms. The first kappa shape index (κ1) is 12.1. The van der Waals surface area contributed by atoms with Crippen LogP contribution in [0.15, 0.2) is 12.1 Å². The van der Waals surface area contributed by atoms with Gasteiger partial charge in [0.05, 0.1) is 24.7 Å². The number of benzene rings is 1. The number of aryl methyl sites for hydroxylation is 1. The van der Waals surface area contributed by atoms with Crippen molar-refractivity contribution >= 4 is 5.97 Å². The summed E-state index contributed by atoms with van der Waals surface area (Å²) in [5.74, 6) is -0.338. The Morgan fingerprint density at radius 2 is 2.25 bits per heavy atom. The van der Waals surface area contributed by atoms with Crippen LogP contribution in [-0.4, -0.2) is 17.7 Å². The highest BCUT2D eigenvalue weighted by atomic mass is 16.5. The van der Waals surface area contributed by atoms with Crippen LogP contribution in [0.25, 0.3) is 0 Å². The SMILES string of the molecule is CCOC(=O)Cc1c(C)cc(O)cc1C#N. The number of phenols is 1. The molecule has 0 aliphatic heterocycles. The van der Waals surface area contributed by atoms with Crippen molar-refractivity contribution in [2.24, 2.45) is 0 Å². The summed E-state index contributed by atoms with van der Waals surface area (Å²) < 4.78 is 4.82. The molecule has 1 aromatic rings. The number of ether oxygens (including phenoxy) is 1. The minimum atomic E-state index is -0.368. The van der Waals surface area contributed by atoms with Crippen LogP contribution in [-0.2, 0) is 16.0 Å². The van der Waals surface area contributed by atoms with Crippen LogP contribution in [0.2, 0.25) is 0 Å². The van der Waals surface area contributed by atoms with E-state index in [1.807, 2.05) is 6.07 Å². The molecule has 0 heterocycles. The molecule has 0 radical (unpaired) electrons. The van der Waals surface area contributed by atoms with E-state index in [2.05, 4.69) is 0 Å². The van der Waals surface area contributed by atoms with Gasteiger partial charge in [-0.05, 0) is 37.1 Å². The maximum absolute atomic E-state index is 11.3. The van der Waals surface area contributed by atoms with Crippen LogP contribution >= 0.6 is 0 Å². The average Bonchev–Trinajstić information content (AvgIpc) is 2.22. The van der Waals surface area contributed by atoms with Crippen LogP contribution in [0.5, 0.6) is 5.75 Å². The van der Waals surface area contributed by atoms with Crippen molar-refractivity contribution in [3.63, 3.8) is 0 Å². The Bertz CT molecular complexity index is 446. The maximum atomic E-state index is 11.3. The van der Waals surface area contributed by atoms with Crippen molar-refractivity contribution in [3.05, 3.63) is 28.8 Å². The van der Waals surface area contributed by atoms with E-state index in [0.29, 0.717) is 23.3 Å². The number of nitrogens with zero attached hydrogens (tertiary/aromatic N) is 1. The summed E-state index contributed by atoms with van der Waals surface area (Å²) in [6, 6.07) is 4.83. The van der Waals surface area contributed by atoms with Crippen molar-refractivity contribution in [2.45, 2.75) is 20.3 Å². The van der Waals surface area contributed by atoms with Crippen molar-refractivity contribution in [3.8, 4) is 11.8 Å². The molecule has 0 aliphatic rings. The van der Waals surface area contributed by atoms with Gasteiger partial charge in [0.25, 0.3) is 0 Å². The third kappa shape index (κ3) is 2.74. The third-order valence-corrected chi connectivity index (χ3v) is 2.20. The highest BCUT2D eigenvalue weighted by Crippen LogP contribution is 2.21.